The van der Waals surface area contributed by atoms with Gasteiger partial charge in [0.15, 0.2) is 0 Å². The predicted molar refractivity (Wildman–Crippen MR) is 72.5 cm³/mol. The van der Waals surface area contributed by atoms with E-state index in [1.165, 1.54) is 0 Å². The highest BCUT2D eigenvalue weighted by molar-refractivity contribution is 5.76. The van der Waals surface area contributed by atoms with E-state index < -0.39 is 0 Å². The molecule has 0 spiro atoms. The van der Waals surface area contributed by atoms with Crippen molar-refractivity contribution in [3.8, 4) is 5.75 Å². The number of nitrogens with one attached hydrogen (secondary N) is 1. The van der Waals surface area contributed by atoms with Crippen molar-refractivity contribution in [3.05, 3.63) is 29.3 Å². The molecule has 1 aromatic rings. The van der Waals surface area contributed by atoms with Crippen molar-refractivity contribution in [3.63, 3.8) is 0 Å². The van der Waals surface area contributed by atoms with Gasteiger partial charge in [0.2, 0.25) is 5.91 Å². The van der Waals surface area contributed by atoms with Gasteiger partial charge in [-0.1, -0.05) is 12.1 Å². The Labute approximate surface area is 109 Å². The van der Waals surface area contributed by atoms with Crippen LogP contribution in [0.2, 0.25) is 0 Å². The van der Waals surface area contributed by atoms with E-state index in [1.54, 1.807) is 0 Å². The van der Waals surface area contributed by atoms with Crippen LogP contribution in [0.1, 0.15) is 31.4 Å². The molecular weight excluding hydrogens is 228 g/mol. The van der Waals surface area contributed by atoms with Crippen LogP contribution >= 0.6 is 0 Å². The van der Waals surface area contributed by atoms with Crippen molar-refractivity contribution in [2.75, 3.05) is 6.61 Å². The van der Waals surface area contributed by atoms with Gasteiger partial charge in [0.1, 0.15) is 5.75 Å². The number of ether oxygens (including phenoxy) is 1. The molecule has 0 aliphatic heterocycles. The first-order valence-electron chi connectivity index (χ1n) is 6.27. The van der Waals surface area contributed by atoms with Gasteiger partial charge in [-0.3, -0.25) is 4.79 Å². The first-order valence-corrected chi connectivity index (χ1v) is 6.27. The average Bonchev–Trinajstić information content (AvgIpc) is 2.27. The Morgan fingerprint density at radius 2 is 2.22 bits per heavy atom. The Hall–Kier alpha value is -1.55. The lowest BCUT2D eigenvalue weighted by molar-refractivity contribution is -0.121. The standard InChI is InChI=1S/C14H22N2O2/c1-4-18-13-7-10(2)5-6-12(13)9-16-14(17)8-11(3)15/h5-7,11H,4,8-9,15H2,1-3H3,(H,16,17). The summed E-state index contributed by atoms with van der Waals surface area (Å²) < 4.78 is 5.56. The molecule has 0 bridgehead atoms. The van der Waals surface area contributed by atoms with E-state index in [1.807, 2.05) is 39.0 Å². The van der Waals surface area contributed by atoms with E-state index in [-0.39, 0.29) is 11.9 Å². The Bertz CT molecular complexity index is 403. The van der Waals surface area contributed by atoms with Crippen molar-refractivity contribution in [2.45, 2.75) is 39.8 Å². The van der Waals surface area contributed by atoms with Gasteiger partial charge in [-0.2, -0.15) is 0 Å². The summed E-state index contributed by atoms with van der Waals surface area (Å²) in [6.07, 6.45) is 0.343. The van der Waals surface area contributed by atoms with Crippen LogP contribution in [0.25, 0.3) is 0 Å². The molecule has 100 valence electrons. The predicted octanol–water partition coefficient (Wildman–Crippen LogP) is 1.75. The third-order valence-electron chi connectivity index (χ3n) is 2.51. The Morgan fingerprint density at radius 1 is 1.50 bits per heavy atom. The zero-order chi connectivity index (χ0) is 13.5. The summed E-state index contributed by atoms with van der Waals surface area (Å²) in [4.78, 5) is 11.5. The smallest absolute Gasteiger partial charge is 0.221 e. The van der Waals surface area contributed by atoms with Crippen LogP contribution in [0.5, 0.6) is 5.75 Å². The summed E-state index contributed by atoms with van der Waals surface area (Å²) in [6.45, 7) is 6.87. The van der Waals surface area contributed by atoms with Crippen molar-refractivity contribution in [1.82, 2.24) is 5.32 Å². The number of rotatable bonds is 6. The Kier molecular flexibility index (Phi) is 5.65. The topological polar surface area (TPSA) is 64.3 Å². The van der Waals surface area contributed by atoms with Gasteiger partial charge in [0.25, 0.3) is 0 Å². The lowest BCUT2D eigenvalue weighted by Gasteiger charge is -2.12. The first-order chi connectivity index (χ1) is 8.52. The number of amides is 1. The van der Waals surface area contributed by atoms with Crippen LogP contribution < -0.4 is 15.8 Å². The monoisotopic (exact) mass is 250 g/mol. The molecule has 4 nitrogen and oxygen atoms in total. The highest BCUT2D eigenvalue weighted by Crippen LogP contribution is 2.20. The molecule has 0 aliphatic rings. The molecule has 1 unspecified atom stereocenters. The van der Waals surface area contributed by atoms with E-state index in [9.17, 15) is 4.79 Å². The molecule has 1 amide bonds. The van der Waals surface area contributed by atoms with Crippen LogP contribution in [-0.2, 0) is 11.3 Å². The van der Waals surface area contributed by atoms with E-state index in [2.05, 4.69) is 5.32 Å². The summed E-state index contributed by atoms with van der Waals surface area (Å²) >= 11 is 0. The van der Waals surface area contributed by atoms with E-state index >= 15 is 0 Å². The van der Waals surface area contributed by atoms with Crippen molar-refractivity contribution < 1.29 is 9.53 Å². The number of aryl methyl sites for hydroxylation is 1. The molecule has 0 radical (unpaired) electrons. The largest absolute Gasteiger partial charge is 0.494 e. The zero-order valence-electron chi connectivity index (χ0n) is 11.3. The second-order valence-electron chi connectivity index (χ2n) is 4.50. The lowest BCUT2D eigenvalue weighted by Crippen LogP contribution is -2.29. The van der Waals surface area contributed by atoms with Crippen molar-refractivity contribution in [1.29, 1.82) is 0 Å². The molecule has 0 fully saturated rings. The highest BCUT2D eigenvalue weighted by atomic mass is 16.5. The molecule has 0 aromatic heterocycles. The fourth-order valence-corrected chi connectivity index (χ4v) is 1.66. The molecule has 4 heteroatoms. The van der Waals surface area contributed by atoms with Crippen LogP contribution in [-0.4, -0.2) is 18.6 Å². The number of hydrogen-bond acceptors (Lipinski definition) is 3. The molecule has 1 rings (SSSR count). The van der Waals surface area contributed by atoms with E-state index in [0.29, 0.717) is 19.6 Å². The number of carbonyl (C=O) groups is 1. The normalized spacial score (nSPS) is 12.0. The molecule has 18 heavy (non-hydrogen) atoms. The molecule has 0 saturated carbocycles. The van der Waals surface area contributed by atoms with E-state index in [0.717, 1.165) is 16.9 Å². The SMILES string of the molecule is CCOc1cc(C)ccc1CNC(=O)CC(C)N. The van der Waals surface area contributed by atoms with Crippen LogP contribution in [0.3, 0.4) is 0 Å². The van der Waals surface area contributed by atoms with Gasteiger partial charge >= 0.3 is 0 Å². The van der Waals surface area contributed by atoms with Crippen LogP contribution in [0.4, 0.5) is 0 Å². The number of carbonyl (C=O) groups excluding carboxylic acids is 1. The zero-order valence-corrected chi connectivity index (χ0v) is 11.3. The molecule has 0 saturated heterocycles. The number of nitrogens with two attached hydrogens (primary N) is 1. The lowest BCUT2D eigenvalue weighted by atomic mass is 10.1. The van der Waals surface area contributed by atoms with Crippen LogP contribution in [0, 0.1) is 6.92 Å². The average molecular weight is 250 g/mol. The maximum Gasteiger partial charge on any atom is 0.221 e. The van der Waals surface area contributed by atoms with Crippen molar-refractivity contribution >= 4 is 5.91 Å². The molecule has 0 heterocycles. The maximum absolute atomic E-state index is 11.5. The number of benzene rings is 1. The second kappa shape index (κ2) is 7.01. The van der Waals surface area contributed by atoms with E-state index in [4.69, 9.17) is 10.5 Å². The molecule has 0 aliphatic carbocycles. The maximum atomic E-state index is 11.5. The minimum absolute atomic E-state index is 0.0342. The molecular formula is C14H22N2O2. The van der Waals surface area contributed by atoms with Gasteiger partial charge in [-0.15, -0.1) is 0 Å². The third-order valence-corrected chi connectivity index (χ3v) is 2.51. The summed E-state index contributed by atoms with van der Waals surface area (Å²) in [5.74, 6) is 0.798. The summed E-state index contributed by atoms with van der Waals surface area (Å²) in [6, 6.07) is 5.85. The molecule has 1 aromatic carbocycles. The fourth-order valence-electron chi connectivity index (χ4n) is 1.66. The second-order valence-corrected chi connectivity index (χ2v) is 4.50. The Balaban J connectivity index is 2.63. The van der Waals surface area contributed by atoms with Gasteiger partial charge in [-0.25, -0.2) is 0 Å². The summed E-state index contributed by atoms with van der Waals surface area (Å²) in [5.41, 5.74) is 7.70. The van der Waals surface area contributed by atoms with Gasteiger partial charge < -0.3 is 15.8 Å². The quantitative estimate of drug-likeness (QED) is 0.808. The van der Waals surface area contributed by atoms with Crippen molar-refractivity contribution in [2.24, 2.45) is 5.73 Å². The summed E-state index contributed by atoms with van der Waals surface area (Å²) in [7, 11) is 0. The Morgan fingerprint density at radius 3 is 2.83 bits per heavy atom. The third kappa shape index (κ3) is 4.75. The summed E-state index contributed by atoms with van der Waals surface area (Å²) in [5, 5.41) is 2.85. The minimum atomic E-state index is -0.116. The minimum Gasteiger partial charge on any atom is -0.494 e. The first kappa shape index (κ1) is 14.5. The van der Waals surface area contributed by atoms with Crippen LogP contribution in [0.15, 0.2) is 18.2 Å². The number of hydrogen-bond donors (Lipinski definition) is 2. The van der Waals surface area contributed by atoms with Gasteiger partial charge in [-0.05, 0) is 32.4 Å². The fraction of sp³-hybridized carbons (Fsp3) is 0.500. The van der Waals surface area contributed by atoms with Gasteiger partial charge in [0, 0.05) is 24.6 Å². The molecule has 1 atom stereocenters. The molecule has 3 N–H and O–H groups in total. The van der Waals surface area contributed by atoms with Gasteiger partial charge in [0.05, 0.1) is 6.61 Å². The highest BCUT2D eigenvalue weighted by Gasteiger charge is 2.07.